The van der Waals surface area contributed by atoms with Gasteiger partial charge in [0.05, 0.1) is 12.6 Å². The van der Waals surface area contributed by atoms with E-state index >= 15 is 0 Å². The van der Waals surface area contributed by atoms with Gasteiger partial charge in [0, 0.05) is 0 Å². The van der Waals surface area contributed by atoms with Gasteiger partial charge in [-0.1, -0.05) is 29.5 Å². The molecule has 1 aromatic heterocycles. The van der Waals surface area contributed by atoms with E-state index in [0.29, 0.717) is 23.4 Å². The summed E-state index contributed by atoms with van der Waals surface area (Å²) in [5, 5.41) is 12.2. The molecule has 0 atom stereocenters. The Hall–Kier alpha value is -3.46. The molecule has 0 bridgehead atoms. The third-order valence-corrected chi connectivity index (χ3v) is 4.19. The smallest absolute Gasteiger partial charge is 0.247 e. The zero-order chi connectivity index (χ0) is 19.6. The Morgan fingerprint density at radius 2 is 1.71 bits per heavy atom. The molecule has 0 radical (unpaired) electrons. The largest absolute Gasteiger partial charge is 0.490 e. The molecular weight excluding hydrogens is 378 g/mol. The number of hydrazone groups is 1. The van der Waals surface area contributed by atoms with Crippen LogP contribution in [0.25, 0.3) is 0 Å². The number of para-hydroxylation sites is 1. The summed E-state index contributed by atoms with van der Waals surface area (Å²) in [6, 6.07) is 16.9. The van der Waals surface area contributed by atoms with E-state index in [1.807, 2.05) is 54.6 Å². The third kappa shape index (κ3) is 6.36. The van der Waals surface area contributed by atoms with E-state index in [-0.39, 0.29) is 12.3 Å². The van der Waals surface area contributed by atoms with Crippen molar-refractivity contribution in [3.63, 3.8) is 0 Å². The summed E-state index contributed by atoms with van der Waals surface area (Å²) in [6.45, 7) is 0.897. The van der Waals surface area contributed by atoms with Crippen molar-refractivity contribution in [1.82, 2.24) is 15.6 Å². The molecule has 1 heterocycles. The topological polar surface area (TPSA) is 112 Å². The van der Waals surface area contributed by atoms with E-state index in [1.54, 1.807) is 6.21 Å². The summed E-state index contributed by atoms with van der Waals surface area (Å²) in [5.74, 6) is 1.26. The molecule has 0 saturated carbocycles. The molecule has 9 heteroatoms. The molecule has 0 saturated heterocycles. The Morgan fingerprint density at radius 1 is 1.04 bits per heavy atom. The Balaban J connectivity index is 1.37. The molecular formula is C19H19N5O3S. The number of anilines is 1. The Morgan fingerprint density at radius 3 is 2.36 bits per heavy atom. The average molecular weight is 397 g/mol. The molecule has 0 spiro atoms. The molecule has 1 amide bonds. The van der Waals surface area contributed by atoms with Crippen LogP contribution in [0, 0.1) is 0 Å². The van der Waals surface area contributed by atoms with Crippen LogP contribution < -0.4 is 20.6 Å². The summed E-state index contributed by atoms with van der Waals surface area (Å²) < 4.78 is 11.2. The Bertz CT molecular complexity index is 913. The zero-order valence-corrected chi connectivity index (χ0v) is 15.8. The predicted molar refractivity (Wildman–Crippen MR) is 108 cm³/mol. The lowest BCUT2D eigenvalue weighted by molar-refractivity contribution is -0.120. The van der Waals surface area contributed by atoms with Crippen molar-refractivity contribution in [1.29, 1.82) is 0 Å². The normalized spacial score (nSPS) is 10.7. The van der Waals surface area contributed by atoms with Crippen LogP contribution in [0.5, 0.6) is 11.5 Å². The molecule has 3 N–H and O–H groups in total. The van der Waals surface area contributed by atoms with Crippen LogP contribution in [0.4, 0.5) is 5.13 Å². The average Bonchev–Trinajstić information content (AvgIpc) is 3.12. The van der Waals surface area contributed by atoms with Crippen molar-refractivity contribution in [3.05, 3.63) is 65.2 Å². The van der Waals surface area contributed by atoms with Crippen LogP contribution in [0.3, 0.4) is 0 Å². The summed E-state index contributed by atoms with van der Waals surface area (Å²) in [4.78, 5) is 11.8. The fourth-order valence-electron chi connectivity index (χ4n) is 2.18. The monoisotopic (exact) mass is 397 g/mol. The van der Waals surface area contributed by atoms with Crippen LogP contribution in [0.1, 0.15) is 10.6 Å². The zero-order valence-electron chi connectivity index (χ0n) is 14.9. The molecule has 3 rings (SSSR count). The highest BCUT2D eigenvalue weighted by atomic mass is 32.1. The number of nitrogens with one attached hydrogen (secondary N) is 1. The fourth-order valence-corrected chi connectivity index (χ4v) is 2.79. The second-order valence-corrected chi connectivity index (χ2v) is 6.68. The molecule has 0 aliphatic carbocycles. The van der Waals surface area contributed by atoms with Crippen molar-refractivity contribution < 1.29 is 14.3 Å². The van der Waals surface area contributed by atoms with E-state index < -0.39 is 0 Å². The lowest BCUT2D eigenvalue weighted by atomic mass is 10.2. The number of carbonyl (C=O) groups excluding carboxylic acids is 1. The minimum Gasteiger partial charge on any atom is -0.490 e. The SMILES string of the molecule is Nc1nnc(CC(=O)N/N=C\c2ccc(OCCOc3ccccc3)cc2)s1. The number of benzene rings is 2. The lowest BCUT2D eigenvalue weighted by Crippen LogP contribution is -2.19. The van der Waals surface area contributed by atoms with Gasteiger partial charge >= 0.3 is 0 Å². The van der Waals surface area contributed by atoms with Gasteiger partial charge in [-0.15, -0.1) is 10.2 Å². The van der Waals surface area contributed by atoms with Gasteiger partial charge in [0.2, 0.25) is 11.0 Å². The highest BCUT2D eigenvalue weighted by Gasteiger charge is 2.07. The van der Waals surface area contributed by atoms with Gasteiger partial charge in [-0.05, 0) is 42.0 Å². The van der Waals surface area contributed by atoms with Crippen LogP contribution in [0.15, 0.2) is 59.7 Å². The van der Waals surface area contributed by atoms with Crippen LogP contribution in [-0.2, 0) is 11.2 Å². The first-order chi connectivity index (χ1) is 13.7. The van der Waals surface area contributed by atoms with E-state index in [4.69, 9.17) is 15.2 Å². The standard InChI is InChI=1S/C19H19N5O3S/c20-19-24-23-18(28-19)12-17(25)22-21-13-14-6-8-16(9-7-14)27-11-10-26-15-4-2-1-3-5-15/h1-9,13H,10-12H2,(H2,20,24)(H,22,25)/b21-13-. The predicted octanol–water partition coefficient (Wildman–Crippen LogP) is 2.27. The number of ether oxygens (including phenoxy) is 2. The number of carbonyl (C=O) groups is 1. The molecule has 8 nitrogen and oxygen atoms in total. The van der Waals surface area contributed by atoms with Crippen molar-refractivity contribution in [2.45, 2.75) is 6.42 Å². The third-order valence-electron chi connectivity index (χ3n) is 3.44. The number of hydrogen-bond acceptors (Lipinski definition) is 8. The number of hydrogen-bond donors (Lipinski definition) is 2. The highest BCUT2D eigenvalue weighted by Crippen LogP contribution is 2.13. The van der Waals surface area contributed by atoms with Gasteiger partial charge in [-0.2, -0.15) is 5.10 Å². The number of rotatable bonds is 9. The van der Waals surface area contributed by atoms with E-state index in [1.165, 1.54) is 11.3 Å². The number of nitrogen functional groups attached to an aromatic ring is 1. The van der Waals surface area contributed by atoms with Crippen LogP contribution >= 0.6 is 11.3 Å². The second kappa shape index (κ2) is 10.0. The fraction of sp³-hybridized carbons (Fsp3) is 0.158. The molecule has 2 aromatic carbocycles. The van der Waals surface area contributed by atoms with Gasteiger partial charge in [-0.25, -0.2) is 5.43 Å². The number of nitrogens with zero attached hydrogens (tertiary/aromatic N) is 3. The maximum Gasteiger partial charge on any atom is 0.247 e. The summed E-state index contributed by atoms with van der Waals surface area (Å²) in [7, 11) is 0. The number of amides is 1. The molecule has 28 heavy (non-hydrogen) atoms. The minimum atomic E-state index is -0.286. The van der Waals surface area contributed by atoms with Crippen molar-refractivity contribution >= 4 is 28.6 Å². The molecule has 0 aliphatic rings. The maximum absolute atomic E-state index is 11.8. The Labute approximate surface area is 166 Å². The Kier molecular flexibility index (Phi) is 6.91. The first-order valence-electron chi connectivity index (χ1n) is 8.49. The van der Waals surface area contributed by atoms with E-state index in [2.05, 4.69) is 20.7 Å². The quantitative estimate of drug-likeness (QED) is 0.325. The van der Waals surface area contributed by atoms with Gasteiger partial charge in [0.15, 0.2) is 0 Å². The lowest BCUT2D eigenvalue weighted by Gasteiger charge is -2.08. The second-order valence-electron chi connectivity index (χ2n) is 5.58. The first-order valence-corrected chi connectivity index (χ1v) is 9.31. The summed E-state index contributed by atoms with van der Waals surface area (Å²) in [6.07, 6.45) is 1.64. The van der Waals surface area contributed by atoms with Crippen molar-refractivity contribution in [2.75, 3.05) is 18.9 Å². The summed E-state index contributed by atoms with van der Waals surface area (Å²) in [5.41, 5.74) is 8.74. The van der Waals surface area contributed by atoms with Crippen LogP contribution in [-0.4, -0.2) is 35.5 Å². The minimum absolute atomic E-state index is 0.0873. The number of aromatic nitrogens is 2. The highest BCUT2D eigenvalue weighted by molar-refractivity contribution is 7.15. The molecule has 0 aliphatic heterocycles. The van der Waals surface area contributed by atoms with Crippen molar-refractivity contribution in [3.8, 4) is 11.5 Å². The maximum atomic E-state index is 11.8. The summed E-state index contributed by atoms with van der Waals surface area (Å²) >= 11 is 1.17. The van der Waals surface area contributed by atoms with Crippen molar-refractivity contribution in [2.24, 2.45) is 5.10 Å². The van der Waals surface area contributed by atoms with E-state index in [0.717, 1.165) is 17.1 Å². The van der Waals surface area contributed by atoms with E-state index in [9.17, 15) is 4.79 Å². The molecule has 144 valence electrons. The van der Waals surface area contributed by atoms with Gasteiger partial charge < -0.3 is 15.2 Å². The molecule has 0 fully saturated rings. The van der Waals surface area contributed by atoms with Gasteiger partial charge in [0.25, 0.3) is 0 Å². The molecule has 0 unspecified atom stereocenters. The van der Waals surface area contributed by atoms with Gasteiger partial charge in [0.1, 0.15) is 29.7 Å². The first kappa shape index (κ1) is 19.3. The number of nitrogens with two attached hydrogens (primary N) is 1. The molecule has 3 aromatic rings. The van der Waals surface area contributed by atoms with Crippen LogP contribution in [0.2, 0.25) is 0 Å². The van der Waals surface area contributed by atoms with Gasteiger partial charge in [-0.3, -0.25) is 4.79 Å².